The third-order valence-electron chi connectivity index (χ3n) is 2.76. The van der Waals surface area contributed by atoms with Gasteiger partial charge in [-0.2, -0.15) is 0 Å². The summed E-state index contributed by atoms with van der Waals surface area (Å²) in [6, 6.07) is 9.40. The minimum atomic E-state index is -1.42. The summed E-state index contributed by atoms with van der Waals surface area (Å²) >= 11 is 4.09. The third kappa shape index (κ3) is 3.44. The Bertz CT molecular complexity index is 751. The van der Waals surface area contributed by atoms with Crippen molar-refractivity contribution in [2.45, 2.75) is 4.90 Å². The van der Waals surface area contributed by atoms with Gasteiger partial charge in [-0.1, -0.05) is 0 Å². The van der Waals surface area contributed by atoms with Crippen molar-refractivity contribution in [1.29, 1.82) is 0 Å². The SMILES string of the molecule is O=C(O)c1ccc(C(=O)Oc2ccc(S)cc2)c(C(=O)O)c1. The van der Waals surface area contributed by atoms with Gasteiger partial charge in [0.1, 0.15) is 5.75 Å². The molecule has 0 atom stereocenters. The average molecular weight is 318 g/mol. The average Bonchev–Trinajstić information content (AvgIpc) is 2.48. The zero-order valence-electron chi connectivity index (χ0n) is 11.0. The first-order valence-corrected chi connectivity index (χ1v) is 6.45. The Morgan fingerprint density at radius 3 is 2.05 bits per heavy atom. The number of esters is 1. The third-order valence-corrected chi connectivity index (χ3v) is 3.06. The van der Waals surface area contributed by atoms with Crippen LogP contribution in [0, 0.1) is 0 Å². The molecule has 0 fully saturated rings. The lowest BCUT2D eigenvalue weighted by atomic mass is 10.0. The van der Waals surface area contributed by atoms with Gasteiger partial charge in [0.05, 0.1) is 16.7 Å². The summed E-state index contributed by atoms with van der Waals surface area (Å²) in [5.41, 5.74) is -0.892. The molecule has 0 amide bonds. The predicted octanol–water partition coefficient (Wildman–Crippen LogP) is 2.59. The van der Waals surface area contributed by atoms with Crippen molar-refractivity contribution in [3.05, 3.63) is 59.2 Å². The molecule has 6 nitrogen and oxygen atoms in total. The lowest BCUT2D eigenvalue weighted by Crippen LogP contribution is -2.15. The fourth-order valence-electron chi connectivity index (χ4n) is 1.71. The van der Waals surface area contributed by atoms with Crippen molar-refractivity contribution in [3.63, 3.8) is 0 Å². The molecule has 112 valence electrons. The van der Waals surface area contributed by atoms with Crippen LogP contribution >= 0.6 is 12.6 Å². The van der Waals surface area contributed by atoms with E-state index in [-0.39, 0.29) is 16.9 Å². The monoisotopic (exact) mass is 318 g/mol. The minimum absolute atomic E-state index is 0.224. The number of carboxylic acids is 2. The summed E-state index contributed by atoms with van der Waals surface area (Å²) in [4.78, 5) is 34.8. The van der Waals surface area contributed by atoms with Crippen molar-refractivity contribution in [2.24, 2.45) is 0 Å². The first-order chi connectivity index (χ1) is 10.4. The maximum absolute atomic E-state index is 12.1. The lowest BCUT2D eigenvalue weighted by molar-refractivity contribution is 0.0666. The highest BCUT2D eigenvalue weighted by Gasteiger charge is 2.20. The Morgan fingerprint density at radius 1 is 0.864 bits per heavy atom. The molecule has 0 unspecified atom stereocenters. The van der Waals surface area contributed by atoms with E-state index in [1.165, 1.54) is 12.1 Å². The van der Waals surface area contributed by atoms with E-state index >= 15 is 0 Å². The van der Waals surface area contributed by atoms with Gasteiger partial charge in [-0.05, 0) is 42.5 Å². The molecule has 0 saturated carbocycles. The van der Waals surface area contributed by atoms with E-state index in [0.29, 0.717) is 4.90 Å². The molecule has 0 aliphatic carbocycles. The second kappa shape index (κ2) is 6.31. The van der Waals surface area contributed by atoms with Gasteiger partial charge >= 0.3 is 17.9 Å². The van der Waals surface area contributed by atoms with Crippen LogP contribution in [-0.2, 0) is 0 Å². The minimum Gasteiger partial charge on any atom is -0.478 e. The largest absolute Gasteiger partial charge is 0.478 e. The van der Waals surface area contributed by atoms with Crippen LogP contribution in [0.3, 0.4) is 0 Å². The van der Waals surface area contributed by atoms with Gasteiger partial charge in [0.15, 0.2) is 0 Å². The van der Waals surface area contributed by atoms with Crippen LogP contribution in [0.25, 0.3) is 0 Å². The molecule has 0 saturated heterocycles. The zero-order chi connectivity index (χ0) is 16.3. The van der Waals surface area contributed by atoms with E-state index in [2.05, 4.69) is 12.6 Å². The molecule has 2 aromatic rings. The van der Waals surface area contributed by atoms with Crippen LogP contribution in [0.15, 0.2) is 47.4 Å². The van der Waals surface area contributed by atoms with Gasteiger partial charge in [0, 0.05) is 4.90 Å². The van der Waals surface area contributed by atoms with E-state index in [9.17, 15) is 14.4 Å². The van der Waals surface area contributed by atoms with Gasteiger partial charge in [0.2, 0.25) is 0 Å². The van der Waals surface area contributed by atoms with Gasteiger partial charge in [-0.15, -0.1) is 12.6 Å². The molecule has 0 aromatic heterocycles. The van der Waals surface area contributed by atoms with Crippen LogP contribution in [0.5, 0.6) is 5.75 Å². The summed E-state index contributed by atoms with van der Waals surface area (Å²) in [5, 5.41) is 18.0. The number of carboxylic acid groups (broad SMARTS) is 2. The van der Waals surface area contributed by atoms with E-state index < -0.39 is 23.5 Å². The Hall–Kier alpha value is -2.80. The van der Waals surface area contributed by atoms with Crippen molar-refractivity contribution in [3.8, 4) is 5.75 Å². The van der Waals surface area contributed by atoms with Gasteiger partial charge in [0.25, 0.3) is 0 Å². The Kier molecular flexibility index (Phi) is 4.47. The zero-order valence-corrected chi connectivity index (χ0v) is 11.9. The molecule has 0 heterocycles. The summed E-state index contributed by atoms with van der Waals surface area (Å²) in [6.07, 6.45) is 0. The summed E-state index contributed by atoms with van der Waals surface area (Å²) in [5.74, 6) is -3.37. The number of benzene rings is 2. The second-order valence-corrected chi connectivity index (χ2v) is 4.77. The maximum Gasteiger partial charge on any atom is 0.344 e. The highest BCUT2D eigenvalue weighted by Crippen LogP contribution is 2.18. The number of rotatable bonds is 4. The molecule has 0 bridgehead atoms. The number of hydrogen-bond acceptors (Lipinski definition) is 5. The molecule has 2 N–H and O–H groups in total. The first-order valence-electron chi connectivity index (χ1n) is 6.00. The van der Waals surface area contributed by atoms with E-state index in [1.807, 2.05) is 0 Å². The Balaban J connectivity index is 2.34. The highest BCUT2D eigenvalue weighted by molar-refractivity contribution is 7.80. The smallest absolute Gasteiger partial charge is 0.344 e. The molecule has 7 heteroatoms. The molecule has 2 aromatic carbocycles. The van der Waals surface area contributed by atoms with Gasteiger partial charge in [-0.3, -0.25) is 0 Å². The van der Waals surface area contributed by atoms with E-state index in [1.54, 1.807) is 12.1 Å². The van der Waals surface area contributed by atoms with Gasteiger partial charge in [-0.25, -0.2) is 14.4 Å². The number of thiol groups is 1. The predicted molar refractivity (Wildman–Crippen MR) is 79.0 cm³/mol. The lowest BCUT2D eigenvalue weighted by Gasteiger charge is -2.08. The van der Waals surface area contributed by atoms with Crippen LogP contribution in [0.2, 0.25) is 0 Å². The van der Waals surface area contributed by atoms with Crippen molar-refractivity contribution < 1.29 is 29.3 Å². The number of ether oxygens (including phenoxy) is 1. The first kappa shape index (κ1) is 15.6. The molecule has 2 rings (SSSR count). The second-order valence-electron chi connectivity index (χ2n) is 4.25. The van der Waals surface area contributed by atoms with Crippen LogP contribution in [-0.4, -0.2) is 28.1 Å². The summed E-state index contributed by atoms with van der Waals surface area (Å²) < 4.78 is 5.06. The molecular weight excluding hydrogens is 308 g/mol. The maximum atomic E-state index is 12.1. The number of hydrogen-bond donors (Lipinski definition) is 3. The van der Waals surface area contributed by atoms with Crippen molar-refractivity contribution in [2.75, 3.05) is 0 Å². The van der Waals surface area contributed by atoms with E-state index in [4.69, 9.17) is 14.9 Å². The topological polar surface area (TPSA) is 101 Å². The molecule has 0 radical (unpaired) electrons. The molecule has 0 spiro atoms. The van der Waals surface area contributed by atoms with Crippen LogP contribution < -0.4 is 4.74 Å². The Labute approximate surface area is 130 Å². The van der Waals surface area contributed by atoms with Crippen LogP contribution in [0.1, 0.15) is 31.1 Å². The number of aromatic carboxylic acids is 2. The van der Waals surface area contributed by atoms with E-state index in [0.717, 1.165) is 18.2 Å². The Morgan fingerprint density at radius 2 is 1.50 bits per heavy atom. The fourth-order valence-corrected chi connectivity index (χ4v) is 1.86. The van der Waals surface area contributed by atoms with Gasteiger partial charge < -0.3 is 14.9 Å². The summed E-state index contributed by atoms with van der Waals surface area (Å²) in [7, 11) is 0. The number of carbonyl (C=O) groups excluding carboxylic acids is 1. The van der Waals surface area contributed by atoms with Crippen molar-refractivity contribution in [1.82, 2.24) is 0 Å². The van der Waals surface area contributed by atoms with Crippen LogP contribution in [0.4, 0.5) is 0 Å². The highest BCUT2D eigenvalue weighted by atomic mass is 32.1. The summed E-state index contributed by atoms with van der Waals surface area (Å²) in [6.45, 7) is 0. The quantitative estimate of drug-likeness (QED) is 0.455. The standard InChI is InChI=1S/C15H10O6S/c16-13(17)8-1-6-11(12(7-8)14(18)19)15(20)21-9-2-4-10(22)5-3-9/h1-7,22H,(H,16,17)(H,18,19). The van der Waals surface area contributed by atoms with Crippen molar-refractivity contribution >= 4 is 30.5 Å². The molecule has 22 heavy (non-hydrogen) atoms. The fraction of sp³-hybridized carbons (Fsp3) is 0. The number of carbonyl (C=O) groups is 3. The molecular formula is C15H10O6S. The normalized spacial score (nSPS) is 10.0. The molecule has 0 aliphatic rings. The molecule has 0 aliphatic heterocycles.